The summed E-state index contributed by atoms with van der Waals surface area (Å²) < 4.78 is 3.11. The van der Waals surface area contributed by atoms with Gasteiger partial charge in [0, 0.05) is 0 Å². The molecule has 0 radical (unpaired) electrons. The van der Waals surface area contributed by atoms with Crippen LogP contribution in [0.2, 0.25) is 0 Å². The van der Waals surface area contributed by atoms with E-state index in [1.165, 1.54) is 0 Å². The van der Waals surface area contributed by atoms with Crippen LogP contribution in [0.15, 0.2) is 36.9 Å². The van der Waals surface area contributed by atoms with Crippen molar-refractivity contribution in [2.45, 2.75) is 20.4 Å². The second-order valence-electron chi connectivity index (χ2n) is 2.80. The molecule has 1 aromatic heterocycles. The van der Waals surface area contributed by atoms with Gasteiger partial charge in [-0.15, -0.1) is 0 Å². The Hall–Kier alpha value is -0.986. The first-order chi connectivity index (χ1) is 7.33. The summed E-state index contributed by atoms with van der Waals surface area (Å²) in [5.74, 6) is 0. The Morgan fingerprint density at radius 2 is 2.07 bits per heavy atom. The summed E-state index contributed by atoms with van der Waals surface area (Å²) in [5.41, 5.74) is 2.21. The molecule has 0 saturated heterocycles. The number of imidazole rings is 1. The van der Waals surface area contributed by atoms with Crippen LogP contribution in [0.25, 0.3) is 11.0 Å². The Morgan fingerprint density at radius 3 is 2.73 bits per heavy atom. The molecule has 3 heteroatoms. The van der Waals surface area contributed by atoms with E-state index in [4.69, 9.17) is 0 Å². The largest absolute Gasteiger partial charge is 0.0683 e. The number of fused-ring (bicyclic) bond motifs is 1. The maximum atomic E-state index is 4.42. The molecule has 1 aromatic carbocycles. The van der Waals surface area contributed by atoms with Crippen LogP contribution >= 0.6 is 0 Å². The van der Waals surface area contributed by atoms with Gasteiger partial charge in [-0.05, 0) is 0 Å². The van der Waals surface area contributed by atoms with E-state index in [0.29, 0.717) is 0 Å². The summed E-state index contributed by atoms with van der Waals surface area (Å²) in [4.78, 5) is 4.42. The van der Waals surface area contributed by atoms with E-state index in [9.17, 15) is 0 Å². The first-order valence-electron chi connectivity index (χ1n) is 5.08. The van der Waals surface area contributed by atoms with Gasteiger partial charge in [0.25, 0.3) is 0 Å². The van der Waals surface area contributed by atoms with Gasteiger partial charge < -0.3 is 0 Å². The maximum Gasteiger partial charge on any atom is -0.0683 e. The van der Waals surface area contributed by atoms with Gasteiger partial charge >= 0.3 is 86.0 Å². The van der Waals surface area contributed by atoms with Crippen LogP contribution in [0.1, 0.15) is 13.8 Å². The topological polar surface area (TPSA) is 17.8 Å². The molecular weight excluding hydrogens is 223 g/mol. The number of nitrogens with zero attached hydrogens (tertiary/aromatic N) is 2. The molecule has 0 spiro atoms. The van der Waals surface area contributed by atoms with Crippen molar-refractivity contribution in [3.05, 3.63) is 36.9 Å². The molecule has 0 bridgehead atoms. The van der Waals surface area contributed by atoms with Gasteiger partial charge in [0.2, 0.25) is 0 Å². The molecule has 0 saturated carbocycles. The molecule has 0 aliphatic carbocycles. The van der Waals surface area contributed by atoms with Crippen molar-refractivity contribution < 1.29 is 17.4 Å². The fourth-order valence-electron chi connectivity index (χ4n) is 1.37. The second-order valence-corrected chi connectivity index (χ2v) is 3.42. The third-order valence-corrected chi connectivity index (χ3v) is 2.48. The fraction of sp³-hybridized carbons (Fsp3) is 0.250. The molecule has 0 atom stereocenters. The van der Waals surface area contributed by atoms with E-state index in [1.807, 2.05) is 38.1 Å². The molecule has 0 N–H and O–H groups in total. The first-order valence-corrected chi connectivity index (χ1v) is 5.78. The van der Waals surface area contributed by atoms with Crippen LogP contribution in [0.4, 0.5) is 0 Å². The van der Waals surface area contributed by atoms with Gasteiger partial charge in [-0.2, -0.15) is 0 Å². The van der Waals surface area contributed by atoms with Crippen molar-refractivity contribution in [3.8, 4) is 0 Å². The van der Waals surface area contributed by atoms with Gasteiger partial charge in [-0.3, -0.25) is 0 Å². The van der Waals surface area contributed by atoms with E-state index >= 15 is 0 Å². The average molecular weight is 238 g/mol. The van der Waals surface area contributed by atoms with Crippen LogP contribution < -0.4 is 4.54 Å². The minimum atomic E-state index is 0.810. The zero-order valence-corrected chi connectivity index (χ0v) is 10.5. The van der Waals surface area contributed by atoms with Gasteiger partial charge in [-0.1, -0.05) is 13.8 Å². The monoisotopic (exact) mass is 238 g/mol. The smallest absolute Gasteiger partial charge is 0.0683 e. The summed E-state index contributed by atoms with van der Waals surface area (Å²) in [6.45, 7) is 8.54. The molecular formula is C12H15N2V. The Labute approximate surface area is 100.0 Å². The molecule has 2 rings (SSSR count). The Kier molecular flexibility index (Phi) is 4.66. The number of aromatic nitrogens is 2. The predicted octanol–water partition coefficient (Wildman–Crippen LogP) is 2.42. The third kappa shape index (κ3) is 2.52. The molecule has 2 aromatic rings. The molecule has 0 amide bonds. The Morgan fingerprint density at radius 1 is 1.40 bits per heavy atom. The minimum absolute atomic E-state index is 0.810. The minimum Gasteiger partial charge on any atom is -0.0683 e. The maximum absolute atomic E-state index is 4.42. The van der Waals surface area contributed by atoms with Crippen LogP contribution in [0.5, 0.6) is 0 Å². The van der Waals surface area contributed by atoms with Crippen molar-refractivity contribution in [2.24, 2.45) is 0 Å². The van der Waals surface area contributed by atoms with Gasteiger partial charge in [-0.25, -0.2) is 0 Å². The zero-order valence-electron chi connectivity index (χ0n) is 9.14. The molecule has 2 nitrogen and oxygen atoms in total. The molecule has 0 aliphatic rings. The summed E-state index contributed by atoms with van der Waals surface area (Å²) in [6, 6.07) is 8.12. The predicted molar refractivity (Wildman–Crippen MR) is 60.9 cm³/mol. The van der Waals surface area contributed by atoms with E-state index in [1.54, 1.807) is 0 Å². The number of hydrogen-bond acceptors (Lipinski definition) is 1. The number of rotatable bonds is 2. The van der Waals surface area contributed by atoms with E-state index in [2.05, 4.69) is 39.6 Å². The Bertz CT molecular complexity index is 446. The SMILES string of the molecule is C=CCn1[c]([V])nc2ccccc21.CC. The van der Waals surface area contributed by atoms with Crippen molar-refractivity contribution in [1.82, 2.24) is 9.55 Å². The van der Waals surface area contributed by atoms with Crippen molar-refractivity contribution in [3.63, 3.8) is 0 Å². The van der Waals surface area contributed by atoms with Crippen LogP contribution in [-0.4, -0.2) is 9.55 Å². The second kappa shape index (κ2) is 5.79. The summed E-state index contributed by atoms with van der Waals surface area (Å²) >= 11 is 2.48. The van der Waals surface area contributed by atoms with Gasteiger partial charge in [0.1, 0.15) is 0 Å². The third-order valence-electron chi connectivity index (χ3n) is 1.95. The van der Waals surface area contributed by atoms with E-state index < -0.39 is 0 Å². The average Bonchev–Trinajstić information content (AvgIpc) is 2.59. The molecule has 15 heavy (non-hydrogen) atoms. The van der Waals surface area contributed by atoms with Crippen LogP contribution in [-0.2, 0) is 24.0 Å². The fourth-order valence-corrected chi connectivity index (χ4v) is 1.84. The van der Waals surface area contributed by atoms with Crippen LogP contribution in [0, 0.1) is 0 Å². The zero-order chi connectivity index (χ0) is 11.3. The van der Waals surface area contributed by atoms with Gasteiger partial charge in [0.15, 0.2) is 0 Å². The summed E-state index contributed by atoms with van der Waals surface area (Å²) in [6.07, 6.45) is 1.88. The Balaban J connectivity index is 0.000000531. The molecule has 0 unspecified atom stereocenters. The van der Waals surface area contributed by atoms with E-state index in [0.717, 1.165) is 22.1 Å². The molecule has 0 fully saturated rings. The van der Waals surface area contributed by atoms with Crippen LogP contribution in [0.3, 0.4) is 0 Å². The number of allylic oxidation sites excluding steroid dienone is 1. The molecule has 0 aliphatic heterocycles. The quantitative estimate of drug-likeness (QED) is 0.735. The molecule has 78 valence electrons. The normalized spacial score (nSPS) is 9.47. The summed E-state index contributed by atoms with van der Waals surface area (Å²) in [7, 11) is 0. The molecule has 1 heterocycles. The standard InChI is InChI=1S/C10H9N2.C2H6.V/c1-2-7-12-8-11-9-5-3-4-6-10(9)12;1-2;/h2-6H,1,7H2;1-2H3;. The van der Waals surface area contributed by atoms with Crippen molar-refractivity contribution in [2.75, 3.05) is 0 Å². The van der Waals surface area contributed by atoms with Gasteiger partial charge in [0.05, 0.1) is 0 Å². The number of hydrogen-bond donors (Lipinski definition) is 0. The number of para-hydroxylation sites is 2. The van der Waals surface area contributed by atoms with Crippen molar-refractivity contribution in [1.29, 1.82) is 0 Å². The van der Waals surface area contributed by atoms with Crippen molar-refractivity contribution >= 4 is 15.6 Å². The van der Waals surface area contributed by atoms with E-state index in [-0.39, 0.29) is 0 Å². The summed E-state index contributed by atoms with van der Waals surface area (Å²) in [5, 5.41) is 0. The first kappa shape index (κ1) is 12.1. The number of benzene rings is 1.